The molecule has 0 saturated heterocycles. The van der Waals surface area contributed by atoms with Gasteiger partial charge in [-0.1, -0.05) is 39.0 Å². The van der Waals surface area contributed by atoms with Crippen molar-refractivity contribution in [2.45, 2.75) is 33.2 Å². The highest BCUT2D eigenvalue weighted by atomic mass is 16.5. The van der Waals surface area contributed by atoms with E-state index in [1.807, 2.05) is 30.3 Å². The largest absolute Gasteiger partial charge is 0.457 e. The molecular formula is C17H22N2O. The maximum atomic E-state index is 6.02. The molecule has 1 N–H and O–H groups in total. The Morgan fingerprint density at radius 1 is 1.20 bits per heavy atom. The van der Waals surface area contributed by atoms with Crippen molar-refractivity contribution in [2.24, 2.45) is 0 Å². The normalized spacial score (nSPS) is 10.8. The second kappa shape index (κ2) is 7.06. The smallest absolute Gasteiger partial charge is 0.130 e. The summed E-state index contributed by atoms with van der Waals surface area (Å²) in [6, 6.07) is 12.1. The molecule has 3 heteroatoms. The predicted octanol–water partition coefficient (Wildman–Crippen LogP) is 4.11. The third kappa shape index (κ3) is 3.81. The van der Waals surface area contributed by atoms with Crippen LogP contribution in [-0.2, 0) is 6.54 Å². The minimum absolute atomic E-state index is 0.439. The fourth-order valence-corrected chi connectivity index (χ4v) is 2.05. The van der Waals surface area contributed by atoms with Gasteiger partial charge in [0.1, 0.15) is 11.5 Å². The lowest BCUT2D eigenvalue weighted by molar-refractivity contribution is 0.471. The highest BCUT2D eigenvalue weighted by Gasteiger charge is 2.08. The van der Waals surface area contributed by atoms with Gasteiger partial charge in [0, 0.05) is 18.8 Å². The van der Waals surface area contributed by atoms with Gasteiger partial charge < -0.3 is 10.1 Å². The van der Waals surface area contributed by atoms with Crippen molar-refractivity contribution in [1.29, 1.82) is 0 Å². The summed E-state index contributed by atoms with van der Waals surface area (Å²) >= 11 is 0. The zero-order valence-electron chi connectivity index (χ0n) is 12.4. The summed E-state index contributed by atoms with van der Waals surface area (Å²) in [7, 11) is 0. The number of nitrogens with one attached hydrogen (secondary N) is 1. The Bertz CT molecular complexity index is 552. The number of hydrogen-bond donors (Lipinski definition) is 1. The van der Waals surface area contributed by atoms with E-state index in [2.05, 4.69) is 37.1 Å². The highest BCUT2D eigenvalue weighted by molar-refractivity contribution is 5.39. The SMILES string of the molecule is CCNCc1cc(Oc2ccccc2C(C)C)ccn1. The van der Waals surface area contributed by atoms with Crippen molar-refractivity contribution in [3.8, 4) is 11.5 Å². The van der Waals surface area contributed by atoms with Crippen LogP contribution in [0.3, 0.4) is 0 Å². The summed E-state index contributed by atoms with van der Waals surface area (Å²) in [6.07, 6.45) is 1.79. The van der Waals surface area contributed by atoms with Gasteiger partial charge in [-0.15, -0.1) is 0 Å². The van der Waals surface area contributed by atoms with E-state index in [0.29, 0.717) is 5.92 Å². The van der Waals surface area contributed by atoms with E-state index < -0.39 is 0 Å². The summed E-state index contributed by atoms with van der Waals surface area (Å²) in [5, 5.41) is 3.27. The molecule has 0 aliphatic carbocycles. The average Bonchev–Trinajstić information content (AvgIpc) is 2.46. The van der Waals surface area contributed by atoms with Crippen molar-refractivity contribution in [1.82, 2.24) is 10.3 Å². The zero-order chi connectivity index (χ0) is 14.4. The molecule has 0 unspecified atom stereocenters. The number of rotatable bonds is 6. The number of pyridine rings is 1. The number of nitrogens with zero attached hydrogens (tertiary/aromatic N) is 1. The van der Waals surface area contributed by atoms with Crippen molar-refractivity contribution in [3.05, 3.63) is 53.9 Å². The summed E-state index contributed by atoms with van der Waals surface area (Å²) in [6.45, 7) is 8.12. The Morgan fingerprint density at radius 3 is 2.75 bits per heavy atom. The minimum Gasteiger partial charge on any atom is -0.457 e. The van der Waals surface area contributed by atoms with E-state index in [4.69, 9.17) is 4.74 Å². The maximum absolute atomic E-state index is 6.02. The molecule has 2 rings (SSSR count). The van der Waals surface area contributed by atoms with Crippen LogP contribution >= 0.6 is 0 Å². The molecular weight excluding hydrogens is 248 g/mol. The van der Waals surface area contributed by atoms with E-state index in [-0.39, 0.29) is 0 Å². The molecule has 106 valence electrons. The van der Waals surface area contributed by atoms with Crippen LogP contribution in [0.25, 0.3) is 0 Å². The van der Waals surface area contributed by atoms with Crippen LogP contribution in [0.5, 0.6) is 11.5 Å². The Hall–Kier alpha value is -1.87. The van der Waals surface area contributed by atoms with E-state index in [9.17, 15) is 0 Å². The van der Waals surface area contributed by atoms with E-state index in [1.54, 1.807) is 6.20 Å². The van der Waals surface area contributed by atoms with Crippen LogP contribution in [0.4, 0.5) is 0 Å². The zero-order valence-corrected chi connectivity index (χ0v) is 12.4. The van der Waals surface area contributed by atoms with Crippen molar-refractivity contribution < 1.29 is 4.74 Å². The standard InChI is InChI=1S/C17H22N2O/c1-4-18-12-14-11-15(9-10-19-14)20-17-8-6-5-7-16(17)13(2)3/h5-11,13,18H,4,12H2,1-3H3. The third-order valence-electron chi connectivity index (χ3n) is 3.11. The molecule has 0 fully saturated rings. The lowest BCUT2D eigenvalue weighted by atomic mass is 10.0. The Labute approximate surface area is 121 Å². The number of hydrogen-bond acceptors (Lipinski definition) is 3. The van der Waals surface area contributed by atoms with Crippen molar-refractivity contribution in [3.63, 3.8) is 0 Å². The molecule has 0 radical (unpaired) electrons. The molecule has 1 aromatic carbocycles. The lowest BCUT2D eigenvalue weighted by Gasteiger charge is -2.14. The van der Waals surface area contributed by atoms with Gasteiger partial charge in [-0.2, -0.15) is 0 Å². The van der Waals surface area contributed by atoms with Crippen LogP contribution in [-0.4, -0.2) is 11.5 Å². The van der Waals surface area contributed by atoms with Gasteiger partial charge in [-0.05, 0) is 30.2 Å². The molecule has 0 atom stereocenters. The first-order valence-electron chi connectivity index (χ1n) is 7.13. The summed E-state index contributed by atoms with van der Waals surface area (Å²) < 4.78 is 6.02. The van der Waals surface area contributed by atoms with Gasteiger partial charge in [-0.3, -0.25) is 4.98 Å². The molecule has 2 aromatic rings. The third-order valence-corrected chi connectivity index (χ3v) is 3.11. The number of ether oxygens (including phenoxy) is 1. The molecule has 0 aliphatic rings. The summed E-state index contributed by atoms with van der Waals surface area (Å²) in [5.41, 5.74) is 2.21. The molecule has 3 nitrogen and oxygen atoms in total. The summed E-state index contributed by atoms with van der Waals surface area (Å²) in [5.74, 6) is 2.19. The monoisotopic (exact) mass is 270 g/mol. The molecule has 0 bridgehead atoms. The van der Waals surface area contributed by atoms with Crippen LogP contribution in [0.1, 0.15) is 37.9 Å². The topological polar surface area (TPSA) is 34.1 Å². The Balaban J connectivity index is 2.17. The van der Waals surface area contributed by atoms with Gasteiger partial charge in [-0.25, -0.2) is 0 Å². The molecule has 1 heterocycles. The predicted molar refractivity (Wildman–Crippen MR) is 82.2 cm³/mol. The average molecular weight is 270 g/mol. The van der Waals surface area contributed by atoms with Gasteiger partial charge in [0.05, 0.1) is 5.69 Å². The van der Waals surface area contributed by atoms with E-state index in [0.717, 1.165) is 30.3 Å². The first kappa shape index (κ1) is 14.5. The van der Waals surface area contributed by atoms with Crippen LogP contribution in [0.2, 0.25) is 0 Å². The van der Waals surface area contributed by atoms with Crippen LogP contribution in [0, 0.1) is 0 Å². The fraction of sp³-hybridized carbons (Fsp3) is 0.353. The lowest BCUT2D eigenvalue weighted by Crippen LogP contribution is -2.12. The quantitative estimate of drug-likeness (QED) is 0.857. The second-order valence-electron chi connectivity index (χ2n) is 5.06. The molecule has 0 amide bonds. The van der Waals surface area contributed by atoms with Crippen molar-refractivity contribution in [2.75, 3.05) is 6.54 Å². The van der Waals surface area contributed by atoms with E-state index in [1.165, 1.54) is 5.56 Å². The van der Waals surface area contributed by atoms with Crippen molar-refractivity contribution >= 4 is 0 Å². The van der Waals surface area contributed by atoms with Gasteiger partial charge in [0.2, 0.25) is 0 Å². The Kier molecular flexibility index (Phi) is 5.13. The maximum Gasteiger partial charge on any atom is 0.130 e. The molecule has 20 heavy (non-hydrogen) atoms. The first-order valence-corrected chi connectivity index (χ1v) is 7.13. The molecule has 0 aliphatic heterocycles. The number of aromatic nitrogens is 1. The van der Waals surface area contributed by atoms with Crippen LogP contribution in [0.15, 0.2) is 42.6 Å². The minimum atomic E-state index is 0.439. The molecule has 0 spiro atoms. The Morgan fingerprint density at radius 2 is 2.00 bits per heavy atom. The number of para-hydroxylation sites is 1. The molecule has 0 saturated carbocycles. The van der Waals surface area contributed by atoms with Gasteiger partial charge >= 0.3 is 0 Å². The summed E-state index contributed by atoms with van der Waals surface area (Å²) in [4.78, 5) is 4.33. The highest BCUT2D eigenvalue weighted by Crippen LogP contribution is 2.30. The van der Waals surface area contributed by atoms with Crippen LogP contribution < -0.4 is 10.1 Å². The van der Waals surface area contributed by atoms with E-state index >= 15 is 0 Å². The first-order chi connectivity index (χ1) is 9.70. The molecule has 1 aromatic heterocycles. The fourth-order valence-electron chi connectivity index (χ4n) is 2.05. The van der Waals surface area contributed by atoms with Gasteiger partial charge in [0.15, 0.2) is 0 Å². The number of benzene rings is 1. The second-order valence-corrected chi connectivity index (χ2v) is 5.06. The van der Waals surface area contributed by atoms with Gasteiger partial charge in [0.25, 0.3) is 0 Å².